The summed E-state index contributed by atoms with van der Waals surface area (Å²) in [7, 11) is 0. The Kier molecular flexibility index (Phi) is 2.18. The van der Waals surface area contributed by atoms with Crippen molar-refractivity contribution in [3.8, 4) is 11.6 Å². The third kappa shape index (κ3) is 1.80. The molecular weight excluding hydrogens is 223 g/mol. The number of ether oxygens (including phenoxy) is 1. The van der Waals surface area contributed by atoms with Gasteiger partial charge in [0, 0.05) is 0 Å². The molecule has 0 aliphatic rings. The van der Waals surface area contributed by atoms with Gasteiger partial charge in [-0.3, -0.25) is 0 Å². The summed E-state index contributed by atoms with van der Waals surface area (Å²) < 4.78 is 18.2. The van der Waals surface area contributed by atoms with Gasteiger partial charge < -0.3 is 9.72 Å². The second-order valence-corrected chi connectivity index (χ2v) is 3.34. The van der Waals surface area contributed by atoms with Crippen molar-refractivity contribution in [2.24, 2.45) is 0 Å². The Balaban J connectivity index is 1.99. The molecule has 0 unspecified atom stereocenters. The van der Waals surface area contributed by atoms with Crippen LogP contribution < -0.4 is 4.74 Å². The Morgan fingerprint density at radius 3 is 2.71 bits per heavy atom. The topological polar surface area (TPSA) is 63.7 Å². The van der Waals surface area contributed by atoms with Gasteiger partial charge in [-0.1, -0.05) is 0 Å². The first-order chi connectivity index (χ1) is 8.33. The average molecular weight is 230 g/mol. The highest BCUT2D eigenvalue weighted by atomic mass is 19.1. The van der Waals surface area contributed by atoms with Crippen molar-refractivity contribution in [3.63, 3.8) is 0 Å². The molecular formula is C11H7FN4O. The fraction of sp³-hybridized carbons (Fsp3) is 0. The monoisotopic (exact) mass is 230 g/mol. The maximum Gasteiger partial charge on any atom is 0.248 e. The molecule has 3 aromatic rings. The van der Waals surface area contributed by atoms with Gasteiger partial charge in [0.1, 0.15) is 23.4 Å². The smallest absolute Gasteiger partial charge is 0.248 e. The lowest BCUT2D eigenvalue weighted by atomic mass is 10.3. The van der Waals surface area contributed by atoms with E-state index in [0.29, 0.717) is 22.8 Å². The number of hydrogen-bond donors (Lipinski definition) is 1. The summed E-state index contributed by atoms with van der Waals surface area (Å²) in [5, 5.41) is 0. The van der Waals surface area contributed by atoms with Gasteiger partial charge in [0.2, 0.25) is 5.88 Å². The molecule has 2 heterocycles. The highest BCUT2D eigenvalue weighted by molar-refractivity contribution is 5.75. The molecule has 0 amide bonds. The number of aromatic amines is 1. The van der Waals surface area contributed by atoms with Crippen LogP contribution in [0.5, 0.6) is 11.6 Å². The Bertz CT molecular complexity index is 650. The Morgan fingerprint density at radius 2 is 1.88 bits per heavy atom. The second-order valence-electron chi connectivity index (χ2n) is 3.34. The number of imidazole rings is 1. The van der Waals surface area contributed by atoms with Crippen molar-refractivity contribution in [3.05, 3.63) is 42.7 Å². The minimum Gasteiger partial charge on any atom is -0.437 e. The molecule has 0 saturated carbocycles. The van der Waals surface area contributed by atoms with Gasteiger partial charge in [-0.05, 0) is 24.3 Å². The first kappa shape index (κ1) is 9.71. The van der Waals surface area contributed by atoms with Gasteiger partial charge in [-0.15, -0.1) is 0 Å². The van der Waals surface area contributed by atoms with E-state index in [2.05, 4.69) is 19.9 Å². The van der Waals surface area contributed by atoms with Crippen molar-refractivity contribution in [1.29, 1.82) is 0 Å². The summed E-state index contributed by atoms with van der Waals surface area (Å²) in [6.07, 6.45) is 2.87. The summed E-state index contributed by atoms with van der Waals surface area (Å²) in [6.45, 7) is 0. The molecule has 1 N–H and O–H groups in total. The van der Waals surface area contributed by atoms with Crippen LogP contribution in [0.25, 0.3) is 11.2 Å². The van der Waals surface area contributed by atoms with Gasteiger partial charge in [-0.25, -0.2) is 14.4 Å². The SMILES string of the molecule is Fc1ccc(Oc2ncnc3nc[nH]c23)cc1. The van der Waals surface area contributed by atoms with Crippen LogP contribution >= 0.6 is 0 Å². The van der Waals surface area contributed by atoms with Crippen LogP contribution in [-0.4, -0.2) is 19.9 Å². The normalized spacial score (nSPS) is 10.6. The van der Waals surface area contributed by atoms with E-state index in [0.717, 1.165) is 0 Å². The van der Waals surface area contributed by atoms with Crippen LogP contribution in [0.2, 0.25) is 0 Å². The van der Waals surface area contributed by atoms with Crippen LogP contribution in [-0.2, 0) is 0 Å². The summed E-state index contributed by atoms with van der Waals surface area (Å²) >= 11 is 0. The molecule has 84 valence electrons. The molecule has 0 bridgehead atoms. The summed E-state index contributed by atoms with van der Waals surface area (Å²) in [5.41, 5.74) is 1.13. The van der Waals surface area contributed by atoms with Gasteiger partial charge in [0.25, 0.3) is 0 Å². The number of hydrogen-bond acceptors (Lipinski definition) is 4. The molecule has 0 spiro atoms. The first-order valence-electron chi connectivity index (χ1n) is 4.90. The van der Waals surface area contributed by atoms with Crippen LogP contribution in [0.3, 0.4) is 0 Å². The molecule has 2 aromatic heterocycles. The van der Waals surface area contributed by atoms with Crippen molar-refractivity contribution < 1.29 is 9.13 Å². The minimum absolute atomic E-state index is 0.313. The predicted octanol–water partition coefficient (Wildman–Crippen LogP) is 2.28. The third-order valence-corrected chi connectivity index (χ3v) is 2.22. The molecule has 17 heavy (non-hydrogen) atoms. The second kappa shape index (κ2) is 3.82. The molecule has 1 aromatic carbocycles. The minimum atomic E-state index is -0.313. The summed E-state index contributed by atoms with van der Waals surface area (Å²) in [4.78, 5) is 14.8. The average Bonchev–Trinajstić information content (AvgIpc) is 2.81. The van der Waals surface area contributed by atoms with E-state index in [-0.39, 0.29) is 5.82 Å². The number of fused-ring (bicyclic) bond motifs is 1. The quantitative estimate of drug-likeness (QED) is 0.733. The lowest BCUT2D eigenvalue weighted by molar-refractivity contribution is 0.465. The number of aromatic nitrogens is 4. The zero-order valence-corrected chi connectivity index (χ0v) is 8.59. The number of H-pyrrole nitrogens is 1. The lowest BCUT2D eigenvalue weighted by Gasteiger charge is -2.04. The van der Waals surface area contributed by atoms with E-state index in [9.17, 15) is 4.39 Å². The fourth-order valence-corrected chi connectivity index (χ4v) is 1.43. The van der Waals surface area contributed by atoms with E-state index in [4.69, 9.17) is 4.74 Å². The number of rotatable bonds is 2. The molecule has 0 saturated heterocycles. The van der Waals surface area contributed by atoms with Gasteiger partial charge in [0.05, 0.1) is 6.33 Å². The molecule has 5 nitrogen and oxygen atoms in total. The van der Waals surface area contributed by atoms with Gasteiger partial charge >= 0.3 is 0 Å². The Hall–Kier alpha value is -2.50. The maximum absolute atomic E-state index is 12.7. The number of nitrogens with zero attached hydrogens (tertiary/aromatic N) is 3. The van der Waals surface area contributed by atoms with Crippen LogP contribution in [0, 0.1) is 5.82 Å². The van der Waals surface area contributed by atoms with E-state index in [1.54, 1.807) is 0 Å². The van der Waals surface area contributed by atoms with Crippen molar-refractivity contribution >= 4 is 11.2 Å². The van der Waals surface area contributed by atoms with E-state index in [1.165, 1.54) is 36.9 Å². The van der Waals surface area contributed by atoms with Crippen molar-refractivity contribution in [2.45, 2.75) is 0 Å². The maximum atomic E-state index is 12.7. The predicted molar refractivity (Wildman–Crippen MR) is 58.2 cm³/mol. The third-order valence-electron chi connectivity index (χ3n) is 2.22. The van der Waals surface area contributed by atoms with E-state index >= 15 is 0 Å². The van der Waals surface area contributed by atoms with Crippen LogP contribution in [0.15, 0.2) is 36.9 Å². The van der Waals surface area contributed by atoms with Crippen LogP contribution in [0.1, 0.15) is 0 Å². The highest BCUT2D eigenvalue weighted by Gasteiger charge is 2.07. The van der Waals surface area contributed by atoms with Gasteiger partial charge in [-0.2, -0.15) is 4.98 Å². The lowest BCUT2D eigenvalue weighted by Crippen LogP contribution is -1.91. The van der Waals surface area contributed by atoms with Crippen molar-refractivity contribution in [2.75, 3.05) is 0 Å². The fourth-order valence-electron chi connectivity index (χ4n) is 1.43. The Morgan fingerprint density at radius 1 is 1.06 bits per heavy atom. The standard InChI is InChI=1S/C11H7FN4O/c12-7-1-3-8(4-2-7)17-11-9-10(14-5-13-9)15-6-16-11/h1-6H,(H,13,14,15,16). The molecule has 0 aliphatic heterocycles. The molecule has 0 aliphatic carbocycles. The number of benzene rings is 1. The molecule has 0 radical (unpaired) electrons. The largest absolute Gasteiger partial charge is 0.437 e. The molecule has 3 rings (SSSR count). The summed E-state index contributed by atoms with van der Waals surface area (Å²) in [5.74, 6) is 0.548. The van der Waals surface area contributed by atoms with Crippen molar-refractivity contribution in [1.82, 2.24) is 19.9 Å². The highest BCUT2D eigenvalue weighted by Crippen LogP contribution is 2.24. The summed E-state index contributed by atoms with van der Waals surface area (Å²) in [6, 6.07) is 5.70. The Labute approximate surface area is 95.3 Å². The zero-order chi connectivity index (χ0) is 11.7. The molecule has 0 atom stereocenters. The van der Waals surface area contributed by atoms with Crippen LogP contribution in [0.4, 0.5) is 4.39 Å². The van der Waals surface area contributed by atoms with E-state index < -0.39 is 0 Å². The van der Waals surface area contributed by atoms with E-state index in [1.807, 2.05) is 0 Å². The molecule has 0 fully saturated rings. The van der Waals surface area contributed by atoms with Gasteiger partial charge in [0.15, 0.2) is 5.65 Å². The zero-order valence-electron chi connectivity index (χ0n) is 8.59. The number of nitrogens with one attached hydrogen (secondary N) is 1. The molecule has 6 heteroatoms. The number of halogens is 1. The first-order valence-corrected chi connectivity index (χ1v) is 4.90.